The molecule has 0 radical (unpaired) electrons. The standard InChI is InChI=1S/C15H14N2O2S/c1-17(15(19)13-5-2-6-16-9-13)10-14-8-12(11-20-14)4-3-7-18/h2,5-6,8-9,11,18H,7,10H2,1H3. The predicted octanol–water partition coefficient (Wildman–Crippen LogP) is 1.76. The average molecular weight is 286 g/mol. The van der Waals surface area contributed by atoms with E-state index in [4.69, 9.17) is 5.11 Å². The lowest BCUT2D eigenvalue weighted by Crippen LogP contribution is -2.25. The van der Waals surface area contributed by atoms with Crippen LogP contribution < -0.4 is 0 Å². The van der Waals surface area contributed by atoms with Gasteiger partial charge in [0, 0.05) is 35.3 Å². The first kappa shape index (κ1) is 14.3. The quantitative estimate of drug-likeness (QED) is 0.875. The summed E-state index contributed by atoms with van der Waals surface area (Å²) in [6.45, 7) is 0.379. The molecule has 102 valence electrons. The number of aliphatic hydroxyl groups excluding tert-OH is 1. The summed E-state index contributed by atoms with van der Waals surface area (Å²) >= 11 is 1.55. The summed E-state index contributed by atoms with van der Waals surface area (Å²) in [7, 11) is 1.76. The van der Waals surface area contributed by atoms with Crippen LogP contribution in [0.5, 0.6) is 0 Å². The molecule has 0 unspecified atom stereocenters. The van der Waals surface area contributed by atoms with Gasteiger partial charge in [0.05, 0.1) is 12.1 Å². The molecule has 0 fully saturated rings. The SMILES string of the molecule is CN(Cc1cc(C#CCO)cs1)C(=O)c1cccnc1. The van der Waals surface area contributed by atoms with E-state index in [1.54, 1.807) is 47.8 Å². The van der Waals surface area contributed by atoms with Crippen molar-refractivity contribution in [3.05, 3.63) is 52.0 Å². The molecule has 0 bridgehead atoms. The van der Waals surface area contributed by atoms with Crippen LogP contribution in [0.3, 0.4) is 0 Å². The van der Waals surface area contributed by atoms with Crippen molar-refractivity contribution in [2.75, 3.05) is 13.7 Å². The van der Waals surface area contributed by atoms with Crippen molar-refractivity contribution >= 4 is 17.2 Å². The van der Waals surface area contributed by atoms with E-state index in [-0.39, 0.29) is 12.5 Å². The lowest BCUT2D eigenvalue weighted by Gasteiger charge is -2.15. The van der Waals surface area contributed by atoms with Gasteiger partial charge in [0.1, 0.15) is 6.61 Å². The van der Waals surface area contributed by atoms with Gasteiger partial charge in [-0.25, -0.2) is 0 Å². The van der Waals surface area contributed by atoms with E-state index < -0.39 is 0 Å². The maximum Gasteiger partial charge on any atom is 0.255 e. The van der Waals surface area contributed by atoms with Gasteiger partial charge in [0.15, 0.2) is 0 Å². The van der Waals surface area contributed by atoms with E-state index in [1.807, 2.05) is 11.4 Å². The molecule has 0 aliphatic heterocycles. The Kier molecular flexibility index (Phi) is 4.88. The predicted molar refractivity (Wildman–Crippen MR) is 78.3 cm³/mol. The van der Waals surface area contributed by atoms with Crippen molar-refractivity contribution in [3.63, 3.8) is 0 Å². The highest BCUT2D eigenvalue weighted by atomic mass is 32.1. The minimum atomic E-state index is -0.148. The Hall–Kier alpha value is -2.16. The maximum absolute atomic E-state index is 12.2. The topological polar surface area (TPSA) is 53.4 Å². The molecule has 2 rings (SSSR count). The second kappa shape index (κ2) is 6.85. The lowest BCUT2D eigenvalue weighted by molar-refractivity contribution is 0.0786. The fraction of sp³-hybridized carbons (Fsp3) is 0.200. The molecule has 0 aliphatic rings. The summed E-state index contributed by atoms with van der Waals surface area (Å²) in [6.07, 6.45) is 3.20. The highest BCUT2D eigenvalue weighted by molar-refractivity contribution is 7.10. The van der Waals surface area contributed by atoms with Crippen LogP contribution in [-0.2, 0) is 6.54 Å². The Bertz CT molecular complexity index is 641. The van der Waals surface area contributed by atoms with Gasteiger partial charge in [-0.15, -0.1) is 11.3 Å². The molecule has 0 spiro atoms. The fourth-order valence-corrected chi connectivity index (χ4v) is 2.55. The molecular formula is C15H14N2O2S. The molecule has 0 atom stereocenters. The summed E-state index contributed by atoms with van der Waals surface area (Å²) in [4.78, 5) is 18.8. The van der Waals surface area contributed by atoms with Crippen LogP contribution in [0, 0.1) is 11.8 Å². The van der Waals surface area contributed by atoms with Crippen LogP contribution in [0.15, 0.2) is 36.0 Å². The van der Waals surface area contributed by atoms with E-state index in [0.717, 1.165) is 10.4 Å². The van der Waals surface area contributed by atoms with E-state index in [1.165, 1.54) is 0 Å². The number of thiophene rings is 1. The highest BCUT2D eigenvalue weighted by Gasteiger charge is 2.12. The Balaban J connectivity index is 2.02. The van der Waals surface area contributed by atoms with Crippen molar-refractivity contribution in [1.82, 2.24) is 9.88 Å². The van der Waals surface area contributed by atoms with Gasteiger partial charge in [0.25, 0.3) is 5.91 Å². The van der Waals surface area contributed by atoms with Crippen LogP contribution in [0.1, 0.15) is 20.8 Å². The van der Waals surface area contributed by atoms with Gasteiger partial charge in [-0.3, -0.25) is 9.78 Å². The Morgan fingerprint density at radius 2 is 2.40 bits per heavy atom. The van der Waals surface area contributed by atoms with E-state index in [2.05, 4.69) is 16.8 Å². The molecule has 0 saturated carbocycles. The number of rotatable bonds is 3. The van der Waals surface area contributed by atoms with E-state index in [0.29, 0.717) is 12.1 Å². The third-order valence-corrected chi connectivity index (χ3v) is 3.54. The van der Waals surface area contributed by atoms with E-state index in [9.17, 15) is 4.79 Å². The zero-order valence-corrected chi connectivity index (χ0v) is 11.9. The smallest absolute Gasteiger partial charge is 0.255 e. The van der Waals surface area contributed by atoms with Crippen LogP contribution in [0.25, 0.3) is 0 Å². The zero-order valence-electron chi connectivity index (χ0n) is 11.0. The summed E-state index contributed by atoms with van der Waals surface area (Å²) in [5.74, 6) is 5.39. The van der Waals surface area contributed by atoms with Gasteiger partial charge in [-0.1, -0.05) is 11.8 Å². The molecule has 0 saturated heterocycles. The van der Waals surface area contributed by atoms with Crippen LogP contribution in [0.2, 0.25) is 0 Å². The second-order valence-electron chi connectivity index (χ2n) is 4.16. The summed E-state index contributed by atoms with van der Waals surface area (Å²) in [5, 5.41) is 10.6. The molecule has 20 heavy (non-hydrogen) atoms. The van der Waals surface area contributed by atoms with Gasteiger partial charge < -0.3 is 10.0 Å². The van der Waals surface area contributed by atoms with Gasteiger partial charge >= 0.3 is 0 Å². The van der Waals surface area contributed by atoms with Crippen molar-refractivity contribution in [2.24, 2.45) is 0 Å². The molecule has 0 aromatic carbocycles. The van der Waals surface area contributed by atoms with E-state index >= 15 is 0 Å². The lowest BCUT2D eigenvalue weighted by atomic mass is 10.2. The molecule has 2 aromatic rings. The monoisotopic (exact) mass is 286 g/mol. The molecule has 1 N–H and O–H groups in total. The van der Waals surface area contributed by atoms with Crippen LogP contribution in [-0.4, -0.2) is 34.6 Å². The first-order chi connectivity index (χ1) is 9.70. The number of nitrogens with zero attached hydrogens (tertiary/aromatic N) is 2. The highest BCUT2D eigenvalue weighted by Crippen LogP contribution is 2.16. The van der Waals surface area contributed by atoms with Crippen molar-refractivity contribution in [3.8, 4) is 11.8 Å². The summed E-state index contributed by atoms with van der Waals surface area (Å²) in [5.41, 5.74) is 1.44. The molecular weight excluding hydrogens is 272 g/mol. The third kappa shape index (κ3) is 3.67. The molecule has 5 heteroatoms. The number of aromatic nitrogens is 1. The molecule has 4 nitrogen and oxygen atoms in total. The van der Waals surface area contributed by atoms with Crippen LogP contribution in [0.4, 0.5) is 0 Å². The van der Waals surface area contributed by atoms with Gasteiger partial charge in [-0.2, -0.15) is 0 Å². The van der Waals surface area contributed by atoms with Gasteiger partial charge in [-0.05, 0) is 18.2 Å². The Morgan fingerprint density at radius 3 is 3.10 bits per heavy atom. The van der Waals surface area contributed by atoms with Crippen molar-refractivity contribution in [2.45, 2.75) is 6.54 Å². The third-order valence-electron chi connectivity index (χ3n) is 2.61. The number of pyridine rings is 1. The molecule has 2 heterocycles. The first-order valence-corrected chi connectivity index (χ1v) is 6.91. The summed E-state index contributed by atoms with van der Waals surface area (Å²) < 4.78 is 0. The number of carbonyl (C=O) groups excluding carboxylic acids is 1. The number of hydrogen-bond acceptors (Lipinski definition) is 4. The zero-order chi connectivity index (χ0) is 14.4. The average Bonchev–Trinajstić information content (AvgIpc) is 2.92. The largest absolute Gasteiger partial charge is 0.384 e. The number of hydrogen-bond donors (Lipinski definition) is 1. The van der Waals surface area contributed by atoms with Crippen LogP contribution >= 0.6 is 11.3 Å². The second-order valence-corrected chi connectivity index (χ2v) is 5.16. The molecule has 0 aliphatic carbocycles. The first-order valence-electron chi connectivity index (χ1n) is 6.03. The number of amides is 1. The molecule has 1 amide bonds. The normalized spacial score (nSPS) is 9.70. The van der Waals surface area contributed by atoms with Crippen molar-refractivity contribution in [1.29, 1.82) is 0 Å². The van der Waals surface area contributed by atoms with Gasteiger partial charge in [0.2, 0.25) is 0 Å². The minimum Gasteiger partial charge on any atom is -0.384 e. The number of aliphatic hydroxyl groups is 1. The minimum absolute atomic E-state index is 0.0607. The van der Waals surface area contributed by atoms with Crippen molar-refractivity contribution < 1.29 is 9.90 Å². The number of carbonyl (C=O) groups is 1. The summed E-state index contributed by atoms with van der Waals surface area (Å²) in [6, 6.07) is 5.42. The maximum atomic E-state index is 12.2. The Morgan fingerprint density at radius 1 is 1.55 bits per heavy atom. The fourth-order valence-electron chi connectivity index (χ4n) is 1.69. The Labute approximate surface area is 121 Å². The molecule has 2 aromatic heterocycles.